The van der Waals surface area contributed by atoms with Crippen molar-refractivity contribution in [3.8, 4) is 0 Å². The molecule has 0 aliphatic rings. The number of ether oxygens (including phenoxy) is 1. The summed E-state index contributed by atoms with van der Waals surface area (Å²) >= 11 is 0. The van der Waals surface area contributed by atoms with Gasteiger partial charge in [0, 0.05) is 5.97 Å². The predicted molar refractivity (Wildman–Crippen MR) is 95.5 cm³/mol. The molecule has 0 radical (unpaired) electrons. The Kier molecular flexibility index (Phi) is 23.2. The first-order valence-corrected chi connectivity index (χ1v) is 10.0. The van der Waals surface area contributed by atoms with Crippen molar-refractivity contribution in [1.29, 1.82) is 0 Å². The first kappa shape index (κ1) is 26.8. The fourth-order valence-electron chi connectivity index (χ4n) is 2.76. The molecule has 0 fully saturated rings. The Morgan fingerprint density at radius 2 is 1.08 bits per heavy atom. The Labute approximate surface area is 167 Å². The van der Waals surface area contributed by atoms with Crippen LogP contribution in [0.5, 0.6) is 0 Å². The van der Waals surface area contributed by atoms with Crippen molar-refractivity contribution in [2.45, 2.75) is 110 Å². The van der Waals surface area contributed by atoms with Crippen molar-refractivity contribution in [3.05, 3.63) is 0 Å². The van der Waals surface area contributed by atoms with E-state index >= 15 is 0 Å². The fourth-order valence-corrected chi connectivity index (χ4v) is 2.76. The van der Waals surface area contributed by atoms with E-state index in [0.29, 0.717) is 6.61 Å². The first-order valence-electron chi connectivity index (χ1n) is 10.0. The third-order valence-electron chi connectivity index (χ3n) is 4.29. The molecular weight excluding hydrogens is 370 g/mol. The molecule has 142 valence electrons. The number of hydrogen-bond acceptors (Lipinski definition) is 4. The van der Waals surface area contributed by atoms with Crippen LogP contribution in [0.15, 0.2) is 0 Å². The van der Waals surface area contributed by atoms with Gasteiger partial charge in [-0.25, -0.2) is 0 Å². The van der Waals surface area contributed by atoms with Crippen LogP contribution in [0.25, 0.3) is 0 Å². The predicted octanol–water partition coefficient (Wildman–Crippen LogP) is 4.54. The smallest absolute Gasteiger partial charge is 0.550 e. The summed E-state index contributed by atoms with van der Waals surface area (Å²) in [5.41, 5.74) is 0. The Bertz CT molecular complexity index is 308. The van der Waals surface area contributed by atoms with Gasteiger partial charge in [0.25, 0.3) is 0 Å². The topological polar surface area (TPSA) is 66.4 Å². The zero-order valence-electron chi connectivity index (χ0n) is 16.4. The molecule has 5 heteroatoms. The van der Waals surface area contributed by atoms with Crippen molar-refractivity contribution >= 4 is 11.9 Å². The van der Waals surface area contributed by atoms with Gasteiger partial charge in [-0.05, 0) is 12.8 Å². The van der Waals surface area contributed by atoms with Gasteiger partial charge in [0.15, 0.2) is 0 Å². The number of aliphatic carboxylic acids is 1. The van der Waals surface area contributed by atoms with Gasteiger partial charge >= 0.3 is 25.4 Å². The van der Waals surface area contributed by atoms with Crippen molar-refractivity contribution in [2.24, 2.45) is 0 Å². The fraction of sp³-hybridized carbons (Fsp3) is 0.900. The normalized spacial score (nSPS) is 10.3. The number of carboxylic acid groups (broad SMARTS) is 1. The number of esters is 1. The van der Waals surface area contributed by atoms with E-state index in [1.54, 1.807) is 0 Å². The maximum Gasteiger partial charge on any atom is 2.00 e. The van der Waals surface area contributed by atoms with Crippen LogP contribution >= 0.6 is 0 Å². The third kappa shape index (κ3) is 23.6. The second kappa shape index (κ2) is 21.6. The molecule has 0 aromatic rings. The minimum atomic E-state index is -1.21. The van der Waals surface area contributed by atoms with E-state index in [2.05, 4.69) is 6.92 Å². The standard InChI is InChI=1S/C20H38O4.Zn/c1-2-3-4-5-6-7-8-9-10-11-12-13-14-15-18-24-20(23)17-16-19(21)22;/h2-18H2,1H3,(H,21,22);/q;+2/p-1. The summed E-state index contributed by atoms with van der Waals surface area (Å²) in [6, 6.07) is 0. The van der Waals surface area contributed by atoms with Crippen molar-refractivity contribution in [1.82, 2.24) is 0 Å². The minimum Gasteiger partial charge on any atom is -0.550 e. The Morgan fingerprint density at radius 3 is 1.48 bits per heavy atom. The summed E-state index contributed by atoms with van der Waals surface area (Å²) in [4.78, 5) is 21.4. The summed E-state index contributed by atoms with van der Waals surface area (Å²) in [6.45, 7) is 2.66. The molecule has 0 saturated carbocycles. The van der Waals surface area contributed by atoms with Crippen LogP contribution in [-0.2, 0) is 33.8 Å². The summed E-state index contributed by atoms with van der Waals surface area (Å²) in [5.74, 6) is -1.64. The van der Waals surface area contributed by atoms with Crippen LogP contribution in [0.3, 0.4) is 0 Å². The van der Waals surface area contributed by atoms with Crippen LogP contribution in [0.2, 0.25) is 0 Å². The largest absolute Gasteiger partial charge is 2.00 e. The molecule has 0 aliphatic carbocycles. The Hall–Kier alpha value is -0.437. The van der Waals surface area contributed by atoms with Gasteiger partial charge in [-0.2, -0.15) is 0 Å². The zero-order chi connectivity index (χ0) is 17.9. The third-order valence-corrected chi connectivity index (χ3v) is 4.29. The molecule has 0 aliphatic heterocycles. The summed E-state index contributed by atoms with van der Waals surface area (Å²) in [7, 11) is 0. The van der Waals surface area contributed by atoms with Gasteiger partial charge in [-0.1, -0.05) is 90.4 Å². The second-order valence-electron chi connectivity index (χ2n) is 6.69. The molecule has 0 aromatic carbocycles. The van der Waals surface area contributed by atoms with Gasteiger partial charge in [0.1, 0.15) is 0 Å². The zero-order valence-corrected chi connectivity index (χ0v) is 19.3. The Balaban J connectivity index is 0. The Morgan fingerprint density at radius 1 is 0.680 bits per heavy atom. The molecule has 0 unspecified atom stereocenters. The van der Waals surface area contributed by atoms with Crippen molar-refractivity contribution in [2.75, 3.05) is 6.61 Å². The molecule has 4 nitrogen and oxygen atoms in total. The number of unbranched alkanes of at least 4 members (excludes halogenated alkanes) is 13. The van der Waals surface area contributed by atoms with E-state index in [1.807, 2.05) is 0 Å². The van der Waals surface area contributed by atoms with Gasteiger partial charge in [-0.15, -0.1) is 0 Å². The number of hydrogen-bond donors (Lipinski definition) is 0. The van der Waals surface area contributed by atoms with Crippen LogP contribution in [0, 0.1) is 0 Å². The maximum absolute atomic E-state index is 11.2. The number of carboxylic acids is 1. The molecular formula is C20H37O4Zn+. The number of carbonyl (C=O) groups is 2. The number of carbonyl (C=O) groups excluding carboxylic acids is 2. The monoisotopic (exact) mass is 405 g/mol. The van der Waals surface area contributed by atoms with Crippen molar-refractivity contribution in [3.63, 3.8) is 0 Å². The van der Waals surface area contributed by atoms with E-state index in [0.717, 1.165) is 12.8 Å². The van der Waals surface area contributed by atoms with E-state index in [9.17, 15) is 14.7 Å². The average molecular weight is 407 g/mol. The molecule has 0 N–H and O–H groups in total. The average Bonchev–Trinajstić information content (AvgIpc) is 2.56. The molecule has 0 aromatic heterocycles. The van der Waals surface area contributed by atoms with E-state index < -0.39 is 11.9 Å². The molecule has 0 bridgehead atoms. The van der Waals surface area contributed by atoms with Crippen LogP contribution in [0.1, 0.15) is 110 Å². The van der Waals surface area contributed by atoms with Gasteiger partial charge < -0.3 is 14.6 Å². The van der Waals surface area contributed by atoms with Crippen LogP contribution < -0.4 is 5.11 Å². The molecule has 0 spiro atoms. The van der Waals surface area contributed by atoms with Crippen molar-refractivity contribution < 1.29 is 38.9 Å². The molecule has 0 saturated heterocycles. The van der Waals surface area contributed by atoms with E-state index in [1.165, 1.54) is 77.0 Å². The van der Waals surface area contributed by atoms with Gasteiger partial charge in [0.2, 0.25) is 0 Å². The van der Waals surface area contributed by atoms with Gasteiger partial charge in [0.05, 0.1) is 13.0 Å². The SMILES string of the molecule is CCCCCCCCCCCCCCCCOC(=O)CCC(=O)[O-].[Zn+2]. The molecule has 0 amide bonds. The molecule has 0 rings (SSSR count). The summed E-state index contributed by atoms with van der Waals surface area (Å²) in [5, 5.41) is 10.2. The van der Waals surface area contributed by atoms with Crippen LogP contribution in [-0.4, -0.2) is 18.5 Å². The quantitative estimate of drug-likeness (QED) is 0.190. The number of rotatable bonds is 18. The second-order valence-corrected chi connectivity index (χ2v) is 6.69. The van der Waals surface area contributed by atoms with E-state index in [-0.39, 0.29) is 32.3 Å². The summed E-state index contributed by atoms with van der Waals surface area (Å²) in [6.07, 6.45) is 17.8. The minimum absolute atomic E-state index is 0. The molecule has 0 heterocycles. The first-order chi connectivity index (χ1) is 11.7. The van der Waals surface area contributed by atoms with Crippen LogP contribution in [0.4, 0.5) is 0 Å². The molecule has 25 heavy (non-hydrogen) atoms. The van der Waals surface area contributed by atoms with Gasteiger partial charge in [-0.3, -0.25) is 4.79 Å². The van der Waals surface area contributed by atoms with E-state index in [4.69, 9.17) is 4.74 Å². The summed E-state index contributed by atoms with van der Waals surface area (Å²) < 4.78 is 4.97. The molecule has 0 atom stereocenters. The maximum atomic E-state index is 11.2.